The molecule has 0 N–H and O–H groups in total. The molecule has 0 saturated heterocycles. The Morgan fingerprint density at radius 3 is 2.46 bits per heavy atom. The molecule has 5 nitrogen and oxygen atoms in total. The summed E-state index contributed by atoms with van der Waals surface area (Å²) in [6.45, 7) is 5.65. The quantitative estimate of drug-likeness (QED) is 0.636. The maximum atomic E-state index is 10.8. The molecule has 0 aliphatic carbocycles. The molecule has 1 atom stereocenters. The number of nitrogens with zero attached hydrogens (tertiary/aromatic N) is 2. The molecule has 0 aliphatic rings. The molecule has 1 amide bonds. The summed E-state index contributed by atoms with van der Waals surface area (Å²) in [5.41, 5.74) is -0.729. The van der Waals surface area contributed by atoms with Crippen molar-refractivity contribution in [2.75, 3.05) is 13.7 Å². The standard InChI is InChI=1S/C8H16N2O3/c1-5-8(3,12-4)10-9-7(11)13-6-2/h5-6H2,1-4H3. The van der Waals surface area contributed by atoms with E-state index >= 15 is 0 Å². The van der Waals surface area contributed by atoms with Crippen LogP contribution in [0.15, 0.2) is 10.2 Å². The van der Waals surface area contributed by atoms with Crippen molar-refractivity contribution in [1.29, 1.82) is 0 Å². The summed E-state index contributed by atoms with van der Waals surface area (Å²) in [5, 5.41) is 7.11. The van der Waals surface area contributed by atoms with E-state index < -0.39 is 11.8 Å². The van der Waals surface area contributed by atoms with Crippen molar-refractivity contribution in [3.63, 3.8) is 0 Å². The van der Waals surface area contributed by atoms with Gasteiger partial charge in [-0.25, -0.2) is 4.79 Å². The van der Waals surface area contributed by atoms with Crippen LogP contribution in [0, 0.1) is 0 Å². The first kappa shape index (κ1) is 12.0. The predicted molar refractivity (Wildman–Crippen MR) is 47.6 cm³/mol. The molecule has 0 rings (SSSR count). The first-order chi connectivity index (χ1) is 6.08. The van der Waals surface area contributed by atoms with E-state index in [0.29, 0.717) is 13.0 Å². The molecule has 0 saturated carbocycles. The molecule has 0 aliphatic heterocycles. The highest BCUT2D eigenvalue weighted by Gasteiger charge is 2.20. The lowest BCUT2D eigenvalue weighted by atomic mass is 10.2. The van der Waals surface area contributed by atoms with E-state index in [2.05, 4.69) is 15.0 Å². The monoisotopic (exact) mass is 188 g/mol. The van der Waals surface area contributed by atoms with Crippen molar-refractivity contribution in [3.8, 4) is 0 Å². The largest absolute Gasteiger partial charge is 0.452 e. The number of azo groups is 1. The van der Waals surface area contributed by atoms with Crippen LogP contribution in [0.25, 0.3) is 0 Å². The summed E-state index contributed by atoms with van der Waals surface area (Å²) in [4.78, 5) is 10.8. The van der Waals surface area contributed by atoms with Gasteiger partial charge < -0.3 is 9.47 Å². The van der Waals surface area contributed by atoms with Gasteiger partial charge in [0.15, 0.2) is 5.72 Å². The molecule has 0 aromatic rings. The summed E-state index contributed by atoms with van der Waals surface area (Å²) in [6, 6.07) is 0. The van der Waals surface area contributed by atoms with E-state index in [1.54, 1.807) is 13.8 Å². The van der Waals surface area contributed by atoms with Gasteiger partial charge in [-0.3, -0.25) is 0 Å². The van der Waals surface area contributed by atoms with E-state index in [4.69, 9.17) is 4.74 Å². The summed E-state index contributed by atoms with van der Waals surface area (Å²) < 4.78 is 9.62. The summed E-state index contributed by atoms with van der Waals surface area (Å²) in [6.07, 6.45) is -0.0360. The highest BCUT2D eigenvalue weighted by molar-refractivity contribution is 5.67. The summed E-state index contributed by atoms with van der Waals surface area (Å²) in [5.74, 6) is 0. The minimum Gasteiger partial charge on any atom is -0.447 e. The number of ether oxygens (including phenoxy) is 2. The molecule has 0 aromatic heterocycles. The highest BCUT2D eigenvalue weighted by atomic mass is 16.5. The second-order valence-corrected chi connectivity index (χ2v) is 2.63. The molecule has 0 fully saturated rings. The zero-order chi connectivity index (χ0) is 10.3. The lowest BCUT2D eigenvalue weighted by molar-refractivity contribution is 0.00377. The van der Waals surface area contributed by atoms with Gasteiger partial charge in [-0.05, 0) is 20.3 Å². The molecule has 5 heteroatoms. The first-order valence-corrected chi connectivity index (χ1v) is 4.22. The lowest BCUT2D eigenvalue weighted by Gasteiger charge is -2.18. The van der Waals surface area contributed by atoms with Gasteiger partial charge >= 0.3 is 6.09 Å². The Bertz CT molecular complexity index is 188. The number of methoxy groups -OCH3 is 1. The summed E-state index contributed by atoms with van der Waals surface area (Å²) >= 11 is 0. The Balaban J connectivity index is 4.14. The zero-order valence-corrected chi connectivity index (χ0v) is 8.53. The fraction of sp³-hybridized carbons (Fsp3) is 0.875. The lowest BCUT2D eigenvalue weighted by Crippen LogP contribution is -2.22. The van der Waals surface area contributed by atoms with Gasteiger partial charge in [-0.15, -0.1) is 5.11 Å². The molecule has 0 heterocycles. The SMILES string of the molecule is CCOC(=O)N=NC(C)(CC)OC. The van der Waals surface area contributed by atoms with Crippen molar-refractivity contribution >= 4 is 6.09 Å². The molecule has 13 heavy (non-hydrogen) atoms. The molecule has 0 bridgehead atoms. The molecule has 1 unspecified atom stereocenters. The zero-order valence-electron chi connectivity index (χ0n) is 8.53. The summed E-state index contributed by atoms with van der Waals surface area (Å²) in [7, 11) is 1.52. The van der Waals surface area contributed by atoms with Crippen LogP contribution in [0.4, 0.5) is 4.79 Å². The number of carbonyl (C=O) groups excluding carboxylic acids is 1. The third-order valence-corrected chi connectivity index (χ3v) is 1.71. The van der Waals surface area contributed by atoms with Gasteiger partial charge in [0, 0.05) is 7.11 Å². The van der Waals surface area contributed by atoms with Crippen molar-refractivity contribution in [2.24, 2.45) is 10.2 Å². The third kappa shape index (κ3) is 4.57. The van der Waals surface area contributed by atoms with E-state index in [-0.39, 0.29) is 0 Å². The third-order valence-electron chi connectivity index (χ3n) is 1.71. The van der Waals surface area contributed by atoms with Crippen LogP contribution in [0.2, 0.25) is 0 Å². The molecule has 76 valence electrons. The van der Waals surface area contributed by atoms with Gasteiger partial charge in [0.2, 0.25) is 0 Å². The highest BCUT2D eigenvalue weighted by Crippen LogP contribution is 2.15. The molecular weight excluding hydrogens is 172 g/mol. The van der Waals surface area contributed by atoms with E-state index in [0.717, 1.165) is 0 Å². The van der Waals surface area contributed by atoms with Gasteiger partial charge in [0.25, 0.3) is 0 Å². The van der Waals surface area contributed by atoms with Crippen LogP contribution in [-0.2, 0) is 9.47 Å². The topological polar surface area (TPSA) is 60.2 Å². The van der Waals surface area contributed by atoms with Crippen LogP contribution < -0.4 is 0 Å². The molecule has 0 spiro atoms. The van der Waals surface area contributed by atoms with Crippen LogP contribution in [0.1, 0.15) is 27.2 Å². The van der Waals surface area contributed by atoms with Crippen molar-refractivity contribution in [1.82, 2.24) is 0 Å². The van der Waals surface area contributed by atoms with E-state index in [9.17, 15) is 4.79 Å². The van der Waals surface area contributed by atoms with Crippen LogP contribution >= 0.6 is 0 Å². The van der Waals surface area contributed by atoms with Gasteiger partial charge in [-0.1, -0.05) is 12.0 Å². The van der Waals surface area contributed by atoms with Gasteiger partial charge in [-0.2, -0.15) is 0 Å². The maximum absolute atomic E-state index is 10.8. The van der Waals surface area contributed by atoms with E-state index in [1.807, 2.05) is 6.92 Å². The Morgan fingerprint density at radius 2 is 2.08 bits per heavy atom. The van der Waals surface area contributed by atoms with Crippen LogP contribution in [0.3, 0.4) is 0 Å². The number of amides is 1. The Morgan fingerprint density at radius 1 is 1.46 bits per heavy atom. The molecular formula is C8H16N2O3. The van der Waals surface area contributed by atoms with Gasteiger partial charge in [0.05, 0.1) is 6.61 Å². The number of hydrogen-bond acceptors (Lipinski definition) is 4. The fourth-order valence-corrected chi connectivity index (χ4v) is 0.555. The Kier molecular flexibility index (Phi) is 5.22. The average Bonchev–Trinajstić information content (AvgIpc) is 2.15. The minimum absolute atomic E-state index is 0.299. The Hall–Kier alpha value is -0.970. The fourth-order valence-electron chi connectivity index (χ4n) is 0.555. The number of rotatable bonds is 4. The molecule has 0 aromatic carbocycles. The normalized spacial score (nSPS) is 15.7. The maximum Gasteiger partial charge on any atom is 0.452 e. The van der Waals surface area contributed by atoms with Crippen LogP contribution in [0.5, 0.6) is 0 Å². The predicted octanol–water partition coefficient (Wildman–Crippen LogP) is 2.37. The number of carbonyl (C=O) groups is 1. The second-order valence-electron chi connectivity index (χ2n) is 2.63. The second kappa shape index (κ2) is 5.64. The molecule has 0 radical (unpaired) electrons. The van der Waals surface area contributed by atoms with Crippen molar-refractivity contribution in [3.05, 3.63) is 0 Å². The van der Waals surface area contributed by atoms with Crippen LogP contribution in [-0.4, -0.2) is 25.5 Å². The first-order valence-electron chi connectivity index (χ1n) is 4.22. The van der Waals surface area contributed by atoms with Crippen molar-refractivity contribution < 1.29 is 14.3 Å². The van der Waals surface area contributed by atoms with E-state index in [1.165, 1.54) is 7.11 Å². The minimum atomic E-state index is -0.729. The average molecular weight is 188 g/mol. The van der Waals surface area contributed by atoms with Gasteiger partial charge in [0.1, 0.15) is 0 Å². The smallest absolute Gasteiger partial charge is 0.447 e. The number of hydrogen-bond donors (Lipinski definition) is 0. The Labute approximate surface area is 78.1 Å². The van der Waals surface area contributed by atoms with Crippen molar-refractivity contribution in [2.45, 2.75) is 32.9 Å².